The molecule has 0 bridgehead atoms. The van der Waals surface area contributed by atoms with Crippen molar-refractivity contribution in [3.8, 4) is 5.69 Å². The largest absolute Gasteiger partial charge is 0.344 e. The summed E-state index contributed by atoms with van der Waals surface area (Å²) in [6, 6.07) is 11.7. The number of amides is 2. The lowest BCUT2D eigenvalue weighted by molar-refractivity contribution is 0.198. The summed E-state index contributed by atoms with van der Waals surface area (Å²) in [5.41, 5.74) is 1.67. The van der Waals surface area contributed by atoms with Gasteiger partial charge in [-0.3, -0.25) is 4.90 Å². The highest BCUT2D eigenvalue weighted by Gasteiger charge is 2.28. The smallest absolute Gasteiger partial charge is 0.303 e. The van der Waals surface area contributed by atoms with E-state index < -0.39 is 5.82 Å². The molecule has 2 amide bonds. The summed E-state index contributed by atoms with van der Waals surface area (Å²) in [6.07, 6.45) is 5.74. The average molecular weight is 455 g/mol. The van der Waals surface area contributed by atoms with Crippen molar-refractivity contribution in [3.05, 3.63) is 77.1 Å². The topological polar surface area (TPSA) is 57.0 Å². The van der Waals surface area contributed by atoms with Gasteiger partial charge in [0.05, 0.1) is 18.4 Å². The summed E-state index contributed by atoms with van der Waals surface area (Å²) in [6.45, 7) is 1.52. The van der Waals surface area contributed by atoms with Gasteiger partial charge in [0, 0.05) is 42.3 Å². The first-order valence-electron chi connectivity index (χ1n) is 10.3. The fourth-order valence-corrected chi connectivity index (χ4v) is 3.80. The van der Waals surface area contributed by atoms with Crippen LogP contribution in [0.1, 0.15) is 17.8 Å². The van der Waals surface area contributed by atoms with Gasteiger partial charge in [-0.2, -0.15) is 5.10 Å². The first-order chi connectivity index (χ1) is 15.4. The number of halogens is 2. The van der Waals surface area contributed by atoms with Crippen molar-refractivity contribution in [2.45, 2.75) is 13.0 Å². The minimum atomic E-state index is -0.471. The predicted molar refractivity (Wildman–Crippen MR) is 124 cm³/mol. The molecular weight excluding hydrogens is 431 g/mol. The second kappa shape index (κ2) is 9.50. The third-order valence-corrected chi connectivity index (χ3v) is 5.31. The number of carbonyl (C=O) groups is 1. The molecule has 1 aromatic heterocycles. The van der Waals surface area contributed by atoms with Crippen molar-refractivity contribution in [3.63, 3.8) is 0 Å². The van der Waals surface area contributed by atoms with E-state index in [0.717, 1.165) is 11.4 Å². The van der Waals surface area contributed by atoms with E-state index in [4.69, 9.17) is 11.6 Å². The number of rotatable bonds is 6. The fourth-order valence-electron chi connectivity index (χ4n) is 3.60. The Kier molecular flexibility index (Phi) is 6.53. The molecule has 4 rings (SSSR count). The van der Waals surface area contributed by atoms with Gasteiger partial charge in [-0.1, -0.05) is 23.7 Å². The van der Waals surface area contributed by atoms with E-state index in [9.17, 15) is 4.79 Å². The standard InChI is InChI=1S/C23H24ClFN6O/c1-28(2)16-22-26-9-12-29(22)19-7-8-21(20(25)14-19)30-10-4-11-31(23(30)32)27-15-17-5-3-6-18(24)13-17/h3,5-9,12-15H,4,10-11,16H2,1-2H3/b27-15+. The second-order valence-electron chi connectivity index (χ2n) is 7.80. The Morgan fingerprint density at radius 1 is 1.22 bits per heavy atom. The van der Waals surface area contributed by atoms with Crippen molar-refractivity contribution in [2.24, 2.45) is 5.10 Å². The van der Waals surface area contributed by atoms with E-state index in [0.29, 0.717) is 36.8 Å². The number of hydrazone groups is 1. The minimum absolute atomic E-state index is 0.232. The highest BCUT2D eigenvalue weighted by molar-refractivity contribution is 6.30. The maximum Gasteiger partial charge on any atom is 0.344 e. The third-order valence-electron chi connectivity index (χ3n) is 5.07. The van der Waals surface area contributed by atoms with Crippen LogP contribution >= 0.6 is 11.6 Å². The number of hydrogen-bond donors (Lipinski definition) is 0. The van der Waals surface area contributed by atoms with E-state index in [-0.39, 0.29) is 11.7 Å². The van der Waals surface area contributed by atoms with Crippen LogP contribution in [-0.2, 0) is 6.54 Å². The number of nitrogens with zero attached hydrogens (tertiary/aromatic N) is 6. The van der Waals surface area contributed by atoms with E-state index >= 15 is 4.39 Å². The van der Waals surface area contributed by atoms with Gasteiger partial charge in [-0.25, -0.2) is 19.2 Å². The number of carbonyl (C=O) groups excluding carboxylic acids is 1. The quantitative estimate of drug-likeness (QED) is 0.519. The molecule has 0 N–H and O–H groups in total. The number of anilines is 1. The van der Waals surface area contributed by atoms with E-state index in [1.165, 1.54) is 16.0 Å². The lowest BCUT2D eigenvalue weighted by Gasteiger charge is -2.32. The summed E-state index contributed by atoms with van der Waals surface area (Å²) in [7, 11) is 3.90. The van der Waals surface area contributed by atoms with Crippen LogP contribution in [0.25, 0.3) is 5.69 Å². The van der Waals surface area contributed by atoms with Crippen molar-refractivity contribution in [1.82, 2.24) is 19.5 Å². The van der Waals surface area contributed by atoms with Gasteiger partial charge in [0.25, 0.3) is 0 Å². The molecule has 1 aliphatic heterocycles. The van der Waals surface area contributed by atoms with Crippen molar-refractivity contribution in [1.29, 1.82) is 0 Å². The highest BCUT2D eigenvalue weighted by atomic mass is 35.5. The Bertz CT molecular complexity index is 1150. The molecule has 0 atom stereocenters. The molecule has 1 aliphatic rings. The Labute approximate surface area is 191 Å². The lowest BCUT2D eigenvalue weighted by Crippen LogP contribution is -2.47. The summed E-state index contributed by atoms with van der Waals surface area (Å²) >= 11 is 6.00. The molecule has 0 spiro atoms. The molecule has 32 heavy (non-hydrogen) atoms. The Balaban J connectivity index is 1.54. The van der Waals surface area contributed by atoms with Crippen molar-refractivity contribution < 1.29 is 9.18 Å². The van der Waals surface area contributed by atoms with E-state index in [1.54, 1.807) is 42.9 Å². The number of urea groups is 1. The zero-order chi connectivity index (χ0) is 22.7. The molecule has 7 nitrogen and oxygen atoms in total. The summed E-state index contributed by atoms with van der Waals surface area (Å²) in [4.78, 5) is 20.7. The molecule has 0 unspecified atom stereocenters. The number of imidazole rings is 1. The molecule has 0 aliphatic carbocycles. The molecule has 166 valence electrons. The van der Waals surface area contributed by atoms with Crippen LogP contribution in [-0.4, -0.2) is 58.9 Å². The summed E-state index contributed by atoms with van der Waals surface area (Å²) in [5, 5.41) is 6.24. The van der Waals surface area contributed by atoms with Crippen LogP contribution in [0.4, 0.5) is 14.9 Å². The van der Waals surface area contributed by atoms with Crippen LogP contribution in [0, 0.1) is 5.82 Å². The predicted octanol–water partition coefficient (Wildman–Crippen LogP) is 4.39. The zero-order valence-electron chi connectivity index (χ0n) is 17.9. The van der Waals surface area contributed by atoms with Gasteiger partial charge in [0.15, 0.2) is 0 Å². The van der Waals surface area contributed by atoms with Crippen LogP contribution in [0.15, 0.2) is 60.0 Å². The molecule has 0 saturated carbocycles. The number of benzene rings is 2. The van der Waals surface area contributed by atoms with Crippen LogP contribution in [0.2, 0.25) is 5.02 Å². The maximum absolute atomic E-state index is 15.1. The molecule has 1 fully saturated rings. The molecule has 1 saturated heterocycles. The zero-order valence-corrected chi connectivity index (χ0v) is 18.7. The van der Waals surface area contributed by atoms with Gasteiger partial charge in [0.1, 0.15) is 11.6 Å². The van der Waals surface area contributed by atoms with E-state index in [2.05, 4.69) is 10.1 Å². The maximum atomic E-state index is 15.1. The van der Waals surface area contributed by atoms with Crippen molar-refractivity contribution >= 4 is 29.5 Å². The third kappa shape index (κ3) is 4.81. The molecular formula is C23H24ClFN6O. The SMILES string of the molecule is CN(C)Cc1nccn1-c1ccc(N2CCCN(/N=C/c3cccc(Cl)c3)C2=O)c(F)c1. The Morgan fingerprint density at radius 2 is 2.06 bits per heavy atom. The van der Waals surface area contributed by atoms with Gasteiger partial charge >= 0.3 is 6.03 Å². The van der Waals surface area contributed by atoms with E-state index in [1.807, 2.05) is 35.7 Å². The van der Waals surface area contributed by atoms with Crippen molar-refractivity contribution in [2.75, 3.05) is 32.1 Å². The summed E-state index contributed by atoms with van der Waals surface area (Å²) in [5.74, 6) is 0.332. The Hall–Kier alpha value is -3.23. The summed E-state index contributed by atoms with van der Waals surface area (Å²) < 4.78 is 16.9. The molecule has 9 heteroatoms. The average Bonchev–Trinajstić information content (AvgIpc) is 3.21. The molecule has 0 radical (unpaired) electrons. The van der Waals surface area contributed by atoms with Crippen LogP contribution in [0.3, 0.4) is 0 Å². The minimum Gasteiger partial charge on any atom is -0.303 e. The van der Waals surface area contributed by atoms with Gasteiger partial charge in [-0.15, -0.1) is 0 Å². The van der Waals surface area contributed by atoms with Crippen LogP contribution in [0.5, 0.6) is 0 Å². The second-order valence-corrected chi connectivity index (χ2v) is 8.23. The number of aromatic nitrogens is 2. The van der Waals surface area contributed by atoms with Gasteiger partial charge in [0.2, 0.25) is 0 Å². The first kappa shape index (κ1) is 22.0. The monoisotopic (exact) mass is 454 g/mol. The Morgan fingerprint density at radius 3 is 2.81 bits per heavy atom. The normalized spacial score (nSPS) is 14.7. The van der Waals surface area contributed by atoms with Crippen LogP contribution < -0.4 is 4.90 Å². The lowest BCUT2D eigenvalue weighted by atomic mass is 10.2. The highest BCUT2D eigenvalue weighted by Crippen LogP contribution is 2.26. The molecule has 3 aromatic rings. The fraction of sp³-hybridized carbons (Fsp3) is 0.261. The molecule has 2 heterocycles. The number of hydrogen-bond acceptors (Lipinski definition) is 4. The first-order valence-corrected chi connectivity index (χ1v) is 10.7. The molecule has 2 aromatic carbocycles. The van der Waals surface area contributed by atoms with Gasteiger partial charge in [-0.05, 0) is 50.3 Å². The van der Waals surface area contributed by atoms with Gasteiger partial charge < -0.3 is 9.47 Å².